The summed E-state index contributed by atoms with van der Waals surface area (Å²) >= 11 is 1.88. The first-order valence-electron chi connectivity index (χ1n) is 16.6. The highest BCUT2D eigenvalue weighted by Crippen LogP contribution is 2.53. The first-order chi connectivity index (χ1) is 23.6. The van der Waals surface area contributed by atoms with Gasteiger partial charge in [0.25, 0.3) is 0 Å². The third-order valence-corrected chi connectivity index (χ3v) is 11.9. The Morgan fingerprint density at radius 1 is 0.542 bits per heavy atom. The van der Waals surface area contributed by atoms with Crippen molar-refractivity contribution in [2.45, 2.75) is 19.3 Å². The molecular formula is C45H29NOS. The Bertz CT molecular complexity index is 2990. The van der Waals surface area contributed by atoms with Crippen LogP contribution < -0.4 is 0 Å². The summed E-state index contributed by atoms with van der Waals surface area (Å²) in [6.45, 7) is 4.73. The van der Waals surface area contributed by atoms with Crippen LogP contribution in [0.5, 0.6) is 0 Å². The van der Waals surface area contributed by atoms with E-state index >= 15 is 0 Å². The Morgan fingerprint density at radius 3 is 2.23 bits per heavy atom. The average molecular weight is 632 g/mol. The van der Waals surface area contributed by atoms with E-state index in [1.54, 1.807) is 0 Å². The van der Waals surface area contributed by atoms with Crippen LogP contribution in [0, 0.1) is 0 Å². The first-order valence-corrected chi connectivity index (χ1v) is 17.4. The molecule has 1 aliphatic rings. The van der Waals surface area contributed by atoms with Gasteiger partial charge in [0.15, 0.2) is 0 Å². The van der Waals surface area contributed by atoms with E-state index in [1.165, 1.54) is 81.0 Å². The van der Waals surface area contributed by atoms with Gasteiger partial charge in [0.1, 0.15) is 11.2 Å². The molecule has 2 nitrogen and oxygen atoms in total. The molecule has 0 bridgehead atoms. The van der Waals surface area contributed by atoms with Gasteiger partial charge in [-0.15, -0.1) is 11.3 Å². The number of aromatic nitrogens is 1. The van der Waals surface area contributed by atoms with Crippen molar-refractivity contribution in [2.24, 2.45) is 0 Å². The molecule has 3 heteroatoms. The standard InChI is InChI=1S/C45H29NOS/c1-45(2)35-14-6-3-12-33(35)43-36(45)23-22-32-29-10-4-7-15-37(29)46(44(32)43)27-19-21-34-41(25-27)48-40-17-9-13-28(42(34)40)26-18-20-31-30-11-5-8-16-38(30)47-39(31)24-26/h3-25H,1-2H3. The van der Waals surface area contributed by atoms with Crippen LogP contribution in [0.15, 0.2) is 144 Å². The third-order valence-electron chi connectivity index (χ3n) is 10.8. The Morgan fingerprint density at radius 2 is 1.29 bits per heavy atom. The smallest absolute Gasteiger partial charge is 0.136 e. The number of fused-ring (bicyclic) bond motifs is 13. The van der Waals surface area contributed by atoms with Gasteiger partial charge >= 0.3 is 0 Å². The van der Waals surface area contributed by atoms with Crippen molar-refractivity contribution in [3.63, 3.8) is 0 Å². The molecule has 3 aromatic heterocycles. The van der Waals surface area contributed by atoms with E-state index in [0.717, 1.165) is 21.9 Å². The topological polar surface area (TPSA) is 18.1 Å². The second-order valence-corrected chi connectivity index (χ2v) is 14.8. The number of rotatable bonds is 2. The van der Waals surface area contributed by atoms with Crippen molar-refractivity contribution < 1.29 is 4.42 Å². The lowest BCUT2D eigenvalue weighted by atomic mass is 9.82. The molecule has 0 saturated heterocycles. The van der Waals surface area contributed by atoms with Gasteiger partial charge in [-0.2, -0.15) is 0 Å². The van der Waals surface area contributed by atoms with Crippen molar-refractivity contribution in [3.05, 3.63) is 151 Å². The van der Waals surface area contributed by atoms with Crippen LogP contribution in [0.2, 0.25) is 0 Å². The predicted octanol–water partition coefficient (Wildman–Crippen LogP) is 13.0. The quantitative estimate of drug-likeness (QED) is 0.186. The highest BCUT2D eigenvalue weighted by molar-refractivity contribution is 7.26. The fourth-order valence-corrected chi connectivity index (χ4v) is 9.76. The van der Waals surface area contributed by atoms with Gasteiger partial charge in [0.2, 0.25) is 0 Å². The number of nitrogens with zero attached hydrogens (tertiary/aromatic N) is 1. The summed E-state index contributed by atoms with van der Waals surface area (Å²) in [5.41, 5.74) is 13.5. The molecular weight excluding hydrogens is 603 g/mol. The van der Waals surface area contributed by atoms with Crippen LogP contribution in [0.3, 0.4) is 0 Å². The molecule has 226 valence electrons. The van der Waals surface area contributed by atoms with Gasteiger partial charge in [-0.25, -0.2) is 0 Å². The number of para-hydroxylation sites is 2. The molecule has 0 N–H and O–H groups in total. The summed E-state index contributed by atoms with van der Waals surface area (Å²) in [4.78, 5) is 0. The van der Waals surface area contributed by atoms with Gasteiger partial charge in [0.05, 0.1) is 11.0 Å². The Labute approximate surface area is 281 Å². The first kappa shape index (κ1) is 26.4. The molecule has 0 amide bonds. The zero-order chi connectivity index (χ0) is 31.7. The zero-order valence-electron chi connectivity index (χ0n) is 26.5. The van der Waals surface area contributed by atoms with Gasteiger partial charge in [0, 0.05) is 58.4 Å². The van der Waals surface area contributed by atoms with Crippen LogP contribution >= 0.6 is 11.3 Å². The van der Waals surface area contributed by atoms with Gasteiger partial charge < -0.3 is 8.98 Å². The maximum atomic E-state index is 6.29. The summed E-state index contributed by atoms with van der Waals surface area (Å²) in [5, 5.41) is 7.50. The third kappa shape index (κ3) is 3.36. The lowest BCUT2D eigenvalue weighted by Crippen LogP contribution is -2.14. The van der Waals surface area contributed by atoms with Crippen LogP contribution in [0.4, 0.5) is 0 Å². The zero-order valence-corrected chi connectivity index (χ0v) is 27.4. The molecule has 0 spiro atoms. The van der Waals surface area contributed by atoms with Crippen LogP contribution in [0.25, 0.3) is 91.9 Å². The number of benzene rings is 7. The molecule has 1 aliphatic carbocycles. The fourth-order valence-electron chi connectivity index (χ4n) is 8.60. The van der Waals surface area contributed by atoms with Crippen molar-refractivity contribution in [1.29, 1.82) is 0 Å². The number of thiophene rings is 1. The monoisotopic (exact) mass is 631 g/mol. The average Bonchev–Trinajstić information content (AvgIpc) is 3.84. The summed E-state index contributed by atoms with van der Waals surface area (Å²) in [5.74, 6) is 0. The molecule has 0 saturated carbocycles. The normalized spacial score (nSPS) is 13.8. The molecule has 0 radical (unpaired) electrons. The van der Waals surface area contributed by atoms with Gasteiger partial charge in [-0.05, 0) is 70.3 Å². The summed E-state index contributed by atoms with van der Waals surface area (Å²) in [6, 6.07) is 51.3. The van der Waals surface area contributed by atoms with E-state index in [2.05, 4.69) is 146 Å². The van der Waals surface area contributed by atoms with E-state index in [4.69, 9.17) is 4.42 Å². The molecule has 0 atom stereocenters. The van der Waals surface area contributed by atoms with Gasteiger partial charge in [-0.1, -0.05) is 111 Å². The minimum atomic E-state index is -0.0569. The molecule has 11 rings (SSSR count). The maximum absolute atomic E-state index is 6.29. The van der Waals surface area contributed by atoms with E-state index in [1.807, 2.05) is 23.5 Å². The van der Waals surface area contributed by atoms with Crippen molar-refractivity contribution >= 4 is 75.3 Å². The molecule has 0 aliphatic heterocycles. The van der Waals surface area contributed by atoms with Crippen LogP contribution in [-0.2, 0) is 5.41 Å². The molecule has 10 aromatic rings. The largest absolute Gasteiger partial charge is 0.456 e. The lowest BCUT2D eigenvalue weighted by Gasteiger charge is -2.21. The van der Waals surface area contributed by atoms with Crippen molar-refractivity contribution in [1.82, 2.24) is 4.57 Å². The molecule has 0 fully saturated rings. The van der Waals surface area contributed by atoms with Crippen LogP contribution in [-0.4, -0.2) is 4.57 Å². The minimum absolute atomic E-state index is 0.0569. The Kier molecular flexibility index (Phi) is 5.09. The number of hydrogen-bond donors (Lipinski definition) is 0. The van der Waals surface area contributed by atoms with Gasteiger partial charge in [-0.3, -0.25) is 0 Å². The predicted molar refractivity (Wildman–Crippen MR) is 204 cm³/mol. The molecule has 3 heterocycles. The van der Waals surface area contributed by atoms with E-state index in [-0.39, 0.29) is 5.41 Å². The second-order valence-electron chi connectivity index (χ2n) is 13.7. The van der Waals surface area contributed by atoms with E-state index < -0.39 is 0 Å². The van der Waals surface area contributed by atoms with E-state index in [0.29, 0.717) is 0 Å². The number of furan rings is 1. The second kappa shape index (κ2) is 9.25. The lowest BCUT2D eigenvalue weighted by molar-refractivity contribution is 0.661. The summed E-state index contributed by atoms with van der Waals surface area (Å²) in [6.07, 6.45) is 0. The number of hydrogen-bond acceptors (Lipinski definition) is 2. The molecule has 48 heavy (non-hydrogen) atoms. The summed E-state index contributed by atoms with van der Waals surface area (Å²) < 4.78 is 11.4. The highest BCUT2D eigenvalue weighted by atomic mass is 32.1. The Hall–Kier alpha value is -5.64. The Balaban J connectivity index is 1.16. The van der Waals surface area contributed by atoms with Crippen molar-refractivity contribution in [2.75, 3.05) is 0 Å². The highest BCUT2D eigenvalue weighted by Gasteiger charge is 2.37. The van der Waals surface area contributed by atoms with Crippen molar-refractivity contribution in [3.8, 4) is 27.9 Å². The molecule has 7 aromatic carbocycles. The SMILES string of the molecule is CC1(C)c2ccccc2-c2c1ccc1c3ccccc3n(-c3ccc4c(c3)sc3cccc(-c5ccc6c(c5)oc5ccccc56)c34)c21. The summed E-state index contributed by atoms with van der Waals surface area (Å²) in [7, 11) is 0. The molecule has 0 unspecified atom stereocenters. The fraction of sp³-hybridized carbons (Fsp3) is 0.0667. The van der Waals surface area contributed by atoms with E-state index in [9.17, 15) is 0 Å². The van der Waals surface area contributed by atoms with Crippen LogP contribution in [0.1, 0.15) is 25.0 Å². The minimum Gasteiger partial charge on any atom is -0.456 e. The maximum Gasteiger partial charge on any atom is 0.136 e.